The fourth-order valence-corrected chi connectivity index (χ4v) is 2.71. The van der Waals surface area contributed by atoms with Gasteiger partial charge in [-0.15, -0.1) is 0 Å². The lowest BCUT2D eigenvalue weighted by molar-refractivity contribution is -0.149. The minimum atomic E-state index is -1.14. The maximum atomic E-state index is 12.4. The molecule has 1 rings (SSSR count). The molecular weight excluding hydrogens is 548 g/mol. The van der Waals surface area contributed by atoms with Crippen LogP contribution in [-0.2, 0) is 33.4 Å². The minimum absolute atomic E-state index is 0.0363. The molecule has 0 bridgehead atoms. The predicted molar refractivity (Wildman–Crippen MR) is 129 cm³/mol. The maximum Gasteiger partial charge on any atom is 0.407 e. The first-order valence-electron chi connectivity index (χ1n) is 10.1. The maximum absolute atomic E-state index is 12.4. The van der Waals surface area contributed by atoms with E-state index < -0.39 is 42.4 Å². The van der Waals surface area contributed by atoms with Gasteiger partial charge in [0.05, 0.1) is 6.61 Å². The van der Waals surface area contributed by atoms with E-state index in [-0.39, 0.29) is 38.6 Å². The zero-order chi connectivity index (χ0) is 24.6. The predicted octanol–water partition coefficient (Wildman–Crippen LogP) is -0.409. The lowest BCUT2D eigenvalue weighted by Crippen LogP contribution is -2.48. The van der Waals surface area contributed by atoms with Crippen molar-refractivity contribution in [2.45, 2.75) is 25.3 Å². The summed E-state index contributed by atoms with van der Waals surface area (Å²) in [6.45, 7) is -0.681. The molecule has 0 aliphatic heterocycles. The molecule has 1 aliphatic rings. The summed E-state index contributed by atoms with van der Waals surface area (Å²) in [5.41, 5.74) is 5.54. The van der Waals surface area contributed by atoms with Crippen molar-refractivity contribution in [2.24, 2.45) is 11.7 Å². The van der Waals surface area contributed by atoms with Crippen LogP contribution in [-0.4, -0.2) is 70.1 Å². The van der Waals surface area contributed by atoms with Crippen molar-refractivity contribution in [1.29, 1.82) is 0 Å². The monoisotopic (exact) mass is 575 g/mol. The van der Waals surface area contributed by atoms with Gasteiger partial charge in [-0.3, -0.25) is 14.4 Å². The third-order valence-corrected chi connectivity index (χ3v) is 5.19. The number of allylic oxidation sites excluding steroid dienone is 3. The van der Waals surface area contributed by atoms with Crippen molar-refractivity contribution in [2.75, 3.05) is 26.4 Å². The van der Waals surface area contributed by atoms with E-state index in [4.69, 9.17) is 19.9 Å². The fraction of sp³-hybridized carbons (Fsp3) is 0.450. The lowest BCUT2D eigenvalue weighted by Gasteiger charge is -2.19. The van der Waals surface area contributed by atoms with Crippen molar-refractivity contribution in [1.82, 2.24) is 10.6 Å². The molecule has 0 radical (unpaired) electrons. The van der Waals surface area contributed by atoms with Gasteiger partial charge in [0, 0.05) is 17.8 Å². The second-order valence-corrected chi connectivity index (χ2v) is 7.60. The quantitative estimate of drug-likeness (QED) is 0.0667. The summed E-state index contributed by atoms with van der Waals surface area (Å²) in [4.78, 5) is 58.8. The molecule has 4 N–H and O–H groups in total. The Bertz CT molecular complexity index is 815. The van der Waals surface area contributed by atoms with E-state index in [1.54, 1.807) is 11.9 Å². The van der Waals surface area contributed by atoms with Gasteiger partial charge in [-0.1, -0.05) is 46.9 Å². The molecule has 0 saturated carbocycles. The minimum Gasteiger partial charge on any atom is -0.461 e. The van der Waals surface area contributed by atoms with Crippen LogP contribution in [0.15, 0.2) is 33.9 Å². The van der Waals surface area contributed by atoms with E-state index in [1.165, 1.54) is 0 Å². The Morgan fingerprint density at radius 2 is 1.88 bits per heavy atom. The Kier molecular flexibility index (Phi) is 13.6. The molecule has 0 heterocycles. The second kappa shape index (κ2) is 15.9. The van der Waals surface area contributed by atoms with Crippen LogP contribution in [0.3, 0.4) is 0 Å². The largest absolute Gasteiger partial charge is 0.461 e. The Hall–Kier alpha value is -2.84. The van der Waals surface area contributed by atoms with Crippen LogP contribution in [0.5, 0.6) is 0 Å². The van der Waals surface area contributed by atoms with E-state index in [9.17, 15) is 24.0 Å². The van der Waals surface area contributed by atoms with Crippen molar-refractivity contribution in [3.05, 3.63) is 33.9 Å². The van der Waals surface area contributed by atoms with E-state index in [1.807, 2.05) is 46.9 Å². The van der Waals surface area contributed by atoms with Gasteiger partial charge in [-0.25, -0.2) is 9.59 Å². The number of nitrogens with two attached hydrogens (primary N) is 1. The van der Waals surface area contributed by atoms with Gasteiger partial charge in [0.25, 0.3) is 0 Å². The topological polar surface area (TPSA) is 163 Å². The molecule has 0 spiro atoms. The van der Waals surface area contributed by atoms with E-state index in [2.05, 4.69) is 10.6 Å². The number of nitrogens with one attached hydrogen (secondary N) is 2. The number of primary amides is 1. The zero-order valence-corrected chi connectivity index (χ0v) is 20.4. The Morgan fingerprint density at radius 1 is 1.15 bits per heavy atom. The molecule has 0 saturated heterocycles. The SMILES string of the molecule is B/C(=C\I)C(=O)OCCOC(=O)CNC(=O)[C@H](CCC(N)=O)NC(=O)OCC1C=CC=CC1. The molecule has 33 heavy (non-hydrogen) atoms. The molecular formula is C20H27BIN3O8. The molecule has 13 heteroatoms. The normalized spacial score (nSPS) is 15.8. The average Bonchev–Trinajstić information content (AvgIpc) is 2.81. The Balaban J connectivity index is 2.41. The van der Waals surface area contributed by atoms with Gasteiger partial charge in [0.15, 0.2) is 0 Å². The first-order valence-corrected chi connectivity index (χ1v) is 11.4. The van der Waals surface area contributed by atoms with Crippen LogP contribution in [0.1, 0.15) is 19.3 Å². The Morgan fingerprint density at radius 3 is 2.52 bits per heavy atom. The second-order valence-electron chi connectivity index (χ2n) is 6.98. The van der Waals surface area contributed by atoms with Gasteiger partial charge < -0.3 is 30.6 Å². The first-order chi connectivity index (χ1) is 15.7. The molecule has 1 unspecified atom stereocenters. The molecule has 180 valence electrons. The van der Waals surface area contributed by atoms with Crippen LogP contribution in [0.2, 0.25) is 0 Å². The summed E-state index contributed by atoms with van der Waals surface area (Å²) in [5.74, 6) is -2.62. The van der Waals surface area contributed by atoms with Crippen molar-refractivity contribution < 1.29 is 38.2 Å². The summed E-state index contributed by atoms with van der Waals surface area (Å²) in [6.07, 6.45) is 7.26. The third-order valence-electron chi connectivity index (χ3n) is 4.26. The lowest BCUT2D eigenvalue weighted by atomic mass is 9.99. The standard InChI is InChI=1S/C20H27BIN3O8/c21-14(10-22)19(29)32-9-8-31-17(27)11-24-18(28)15(6-7-16(23)26)25-20(30)33-12-13-4-2-1-3-5-13/h1-4,10,13,15H,5-9,11-12,21H2,(H2,23,26)(H,24,28)(H,25,30)/b14-10-/t13?,15-/m0/s1. The number of rotatable bonds is 13. The molecule has 2 atom stereocenters. The summed E-state index contributed by atoms with van der Waals surface area (Å²) in [6, 6.07) is -1.14. The molecule has 0 aromatic rings. The van der Waals surface area contributed by atoms with Crippen molar-refractivity contribution in [3.8, 4) is 0 Å². The highest BCUT2D eigenvalue weighted by molar-refractivity contribution is 14.1. The van der Waals surface area contributed by atoms with Gasteiger partial charge >= 0.3 is 18.0 Å². The number of alkyl carbamates (subject to hydrolysis) is 1. The third kappa shape index (κ3) is 12.7. The van der Waals surface area contributed by atoms with Crippen LogP contribution in [0, 0.1) is 5.92 Å². The van der Waals surface area contributed by atoms with E-state index in [0.29, 0.717) is 5.47 Å². The Labute approximate surface area is 206 Å². The fourth-order valence-electron chi connectivity index (χ4n) is 2.46. The molecule has 0 fully saturated rings. The summed E-state index contributed by atoms with van der Waals surface area (Å²) < 4.78 is 16.5. The summed E-state index contributed by atoms with van der Waals surface area (Å²) in [7, 11) is 1.58. The van der Waals surface area contributed by atoms with E-state index >= 15 is 0 Å². The number of hydrogen-bond donors (Lipinski definition) is 3. The van der Waals surface area contributed by atoms with E-state index in [0.717, 1.165) is 6.42 Å². The van der Waals surface area contributed by atoms with Gasteiger partial charge in [0.2, 0.25) is 11.8 Å². The number of carbonyl (C=O) groups is 5. The van der Waals surface area contributed by atoms with Crippen LogP contribution >= 0.6 is 22.6 Å². The first kappa shape index (κ1) is 28.2. The van der Waals surface area contributed by atoms with Crippen LogP contribution in [0.25, 0.3) is 0 Å². The average molecular weight is 575 g/mol. The van der Waals surface area contributed by atoms with Gasteiger partial charge in [-0.05, 0) is 16.9 Å². The summed E-state index contributed by atoms with van der Waals surface area (Å²) >= 11 is 1.90. The van der Waals surface area contributed by atoms with Crippen LogP contribution in [0.4, 0.5) is 4.79 Å². The van der Waals surface area contributed by atoms with Crippen LogP contribution < -0.4 is 16.4 Å². The molecule has 0 aromatic heterocycles. The highest BCUT2D eigenvalue weighted by Crippen LogP contribution is 2.11. The number of halogens is 1. The van der Waals surface area contributed by atoms with Gasteiger partial charge in [-0.2, -0.15) is 0 Å². The molecule has 0 aromatic carbocycles. The van der Waals surface area contributed by atoms with Crippen molar-refractivity contribution >= 4 is 60.3 Å². The van der Waals surface area contributed by atoms with Gasteiger partial charge in [0.1, 0.15) is 33.6 Å². The highest BCUT2D eigenvalue weighted by Gasteiger charge is 2.23. The number of carbonyl (C=O) groups excluding carboxylic acids is 5. The molecule has 3 amide bonds. The molecule has 11 nitrogen and oxygen atoms in total. The zero-order valence-electron chi connectivity index (χ0n) is 18.2. The summed E-state index contributed by atoms with van der Waals surface area (Å²) in [5, 5.41) is 4.70. The number of amides is 3. The van der Waals surface area contributed by atoms with Crippen molar-refractivity contribution in [3.63, 3.8) is 0 Å². The number of esters is 2. The number of hydrogen-bond acceptors (Lipinski definition) is 8. The molecule has 1 aliphatic carbocycles. The highest BCUT2D eigenvalue weighted by atomic mass is 127. The smallest absolute Gasteiger partial charge is 0.407 e. The number of ether oxygens (including phenoxy) is 3.